The molecule has 7 rings (SSSR count). The first-order valence-corrected chi connectivity index (χ1v) is 17.6. The number of rotatable bonds is 11. The van der Waals surface area contributed by atoms with E-state index < -0.39 is 82.3 Å². The van der Waals surface area contributed by atoms with Gasteiger partial charge in [0.1, 0.15) is 29.2 Å². The summed E-state index contributed by atoms with van der Waals surface area (Å²) in [7, 11) is 8.09. The number of benzene rings is 1. The normalized spacial score (nSPS) is 45.1. The molecule has 4 unspecified atom stereocenters. The average molecular weight is 702 g/mol. The number of carbonyl (C=O) groups excluding carboxylic acids is 3. The zero-order valence-corrected chi connectivity index (χ0v) is 30.2. The van der Waals surface area contributed by atoms with Crippen LogP contribution in [0.15, 0.2) is 24.3 Å². The van der Waals surface area contributed by atoms with Crippen LogP contribution >= 0.6 is 0 Å². The van der Waals surface area contributed by atoms with Crippen LogP contribution in [0.4, 0.5) is 0 Å². The van der Waals surface area contributed by atoms with Gasteiger partial charge in [-0.25, -0.2) is 4.79 Å². The highest BCUT2D eigenvalue weighted by Crippen LogP contribution is 2.81. The maximum absolute atomic E-state index is 14.0. The van der Waals surface area contributed by atoms with Gasteiger partial charge in [-0.1, -0.05) is 6.92 Å². The highest BCUT2D eigenvalue weighted by molar-refractivity contribution is 5.89. The van der Waals surface area contributed by atoms with Crippen LogP contribution in [-0.4, -0.2) is 131 Å². The molecule has 1 aliphatic heterocycles. The van der Waals surface area contributed by atoms with Gasteiger partial charge in [-0.2, -0.15) is 0 Å². The molecule has 14 atom stereocenters. The molecule has 7 bridgehead atoms. The number of carbonyl (C=O) groups is 3. The lowest BCUT2D eigenvalue weighted by Gasteiger charge is -2.70. The zero-order valence-electron chi connectivity index (χ0n) is 30.2. The third-order valence-corrected chi connectivity index (χ3v) is 13.7. The van der Waals surface area contributed by atoms with Gasteiger partial charge >= 0.3 is 17.9 Å². The van der Waals surface area contributed by atoms with E-state index in [9.17, 15) is 19.5 Å². The van der Waals surface area contributed by atoms with Crippen LogP contribution in [-0.2, 0) is 42.7 Å². The van der Waals surface area contributed by atoms with Gasteiger partial charge in [0.25, 0.3) is 0 Å². The Labute approximate surface area is 293 Å². The van der Waals surface area contributed by atoms with Gasteiger partial charge in [0.05, 0.1) is 37.6 Å². The number of aliphatic hydroxyl groups is 1. The number of hydrogen-bond acceptors (Lipinski definition) is 13. The Kier molecular flexibility index (Phi) is 8.83. The van der Waals surface area contributed by atoms with Crippen LogP contribution in [0.5, 0.6) is 5.75 Å². The van der Waals surface area contributed by atoms with E-state index in [1.165, 1.54) is 21.0 Å². The molecular weight excluding hydrogens is 650 g/mol. The van der Waals surface area contributed by atoms with Gasteiger partial charge in [0.15, 0.2) is 0 Å². The number of fused-ring (bicyclic) bond motifs is 2. The van der Waals surface area contributed by atoms with Crippen LogP contribution in [0.3, 0.4) is 0 Å². The number of ether oxygens (including phenoxy) is 8. The molecule has 1 spiro atoms. The molecule has 1 saturated heterocycles. The van der Waals surface area contributed by atoms with Gasteiger partial charge in [-0.15, -0.1) is 0 Å². The summed E-state index contributed by atoms with van der Waals surface area (Å²) in [5, 5.41) is 12.9. The Morgan fingerprint density at radius 1 is 0.880 bits per heavy atom. The molecule has 0 amide bonds. The van der Waals surface area contributed by atoms with Crippen molar-refractivity contribution in [3.05, 3.63) is 29.8 Å². The van der Waals surface area contributed by atoms with Crippen LogP contribution in [0, 0.1) is 34.5 Å². The third kappa shape index (κ3) is 4.43. The van der Waals surface area contributed by atoms with E-state index in [0.717, 1.165) is 0 Å². The number of piperidine rings is 1. The summed E-state index contributed by atoms with van der Waals surface area (Å²) >= 11 is 0. The fourth-order valence-electron chi connectivity index (χ4n) is 12.7. The molecule has 13 heteroatoms. The minimum atomic E-state index is -1.61. The summed E-state index contributed by atoms with van der Waals surface area (Å²) in [6.07, 6.45) is -2.66. The van der Waals surface area contributed by atoms with Gasteiger partial charge in [0.2, 0.25) is 0 Å². The van der Waals surface area contributed by atoms with E-state index in [2.05, 4.69) is 11.8 Å². The fourth-order valence-corrected chi connectivity index (χ4v) is 12.7. The van der Waals surface area contributed by atoms with Crippen molar-refractivity contribution in [2.45, 2.75) is 87.8 Å². The highest BCUT2D eigenvalue weighted by atomic mass is 16.6. The zero-order chi connectivity index (χ0) is 36.0. The Morgan fingerprint density at radius 3 is 2.14 bits per heavy atom. The number of hydrogen-bond donors (Lipinski definition) is 1. The van der Waals surface area contributed by atoms with Crippen LogP contribution in [0.2, 0.25) is 0 Å². The van der Waals surface area contributed by atoms with Crippen molar-refractivity contribution in [3.8, 4) is 5.75 Å². The molecular formula is C37H51NO12. The minimum Gasteiger partial charge on any atom is -0.497 e. The van der Waals surface area contributed by atoms with Crippen molar-refractivity contribution < 1.29 is 57.4 Å². The summed E-state index contributed by atoms with van der Waals surface area (Å²) in [5.41, 5.74) is -4.02. The van der Waals surface area contributed by atoms with Crippen LogP contribution in [0.25, 0.3) is 0 Å². The Balaban J connectivity index is 1.48. The number of methoxy groups -OCH3 is 5. The molecule has 1 aromatic carbocycles. The van der Waals surface area contributed by atoms with Crippen LogP contribution in [0.1, 0.15) is 50.4 Å². The van der Waals surface area contributed by atoms with Gasteiger partial charge < -0.3 is 43.0 Å². The molecule has 5 saturated carbocycles. The SMILES string of the molecule is CCN1C[C@]2(COC)[C@H](OC(C)=O)C[C@H](OC)C34C1C([C@H](OC)[C@@H]32)[C@@]1(OC(C)=O)C[C@H](OC)[C@@]2(O)C[C@@H]4C1[C@@H]2OC(=O)c1ccc(OC)cc1. The highest BCUT2D eigenvalue weighted by Gasteiger charge is 2.91. The van der Waals surface area contributed by atoms with Crippen molar-refractivity contribution in [1.29, 1.82) is 0 Å². The lowest BCUT2D eigenvalue weighted by Crippen LogP contribution is -2.79. The quantitative estimate of drug-likeness (QED) is 0.266. The molecule has 50 heavy (non-hydrogen) atoms. The summed E-state index contributed by atoms with van der Waals surface area (Å²) in [6, 6.07) is 6.38. The van der Waals surface area contributed by atoms with Crippen molar-refractivity contribution in [2.75, 3.05) is 55.2 Å². The molecule has 6 fully saturated rings. The lowest BCUT2D eigenvalue weighted by molar-refractivity contribution is -0.301. The molecule has 276 valence electrons. The van der Waals surface area contributed by atoms with E-state index in [4.69, 9.17) is 37.9 Å². The largest absolute Gasteiger partial charge is 0.497 e. The standard InChI is InChI=1S/C37H51NO12/c1-9-38-17-34(18-43-4)24(48-19(2)39)14-25(45-6)37-23-15-35(42)26(46-7)16-36(50-20(3)40,28(31(37)38)29(47-8)30(34)37)27(23)32(35)49-33(41)21-10-12-22(44-5)13-11-21/h10-13,23-32,42H,9,14-18H2,1-8H3/t23-,24-,25+,26+,27?,28?,29+,30-,31?,32+,34+,35+,36-,37?/m1/s1. The Morgan fingerprint density at radius 2 is 1.58 bits per heavy atom. The molecule has 6 aliphatic rings. The smallest absolute Gasteiger partial charge is 0.338 e. The van der Waals surface area contributed by atoms with E-state index in [0.29, 0.717) is 30.8 Å². The predicted molar refractivity (Wildman–Crippen MR) is 175 cm³/mol. The number of nitrogens with zero attached hydrogens (tertiary/aromatic N) is 1. The maximum Gasteiger partial charge on any atom is 0.338 e. The minimum absolute atomic E-state index is 0.182. The van der Waals surface area contributed by atoms with Gasteiger partial charge in [-0.3, -0.25) is 14.5 Å². The molecule has 1 aromatic rings. The van der Waals surface area contributed by atoms with Crippen LogP contribution < -0.4 is 4.74 Å². The van der Waals surface area contributed by atoms with Gasteiger partial charge in [0, 0.05) is 96.3 Å². The lowest BCUT2D eigenvalue weighted by atomic mass is 9.42. The first-order chi connectivity index (χ1) is 23.9. The summed E-state index contributed by atoms with van der Waals surface area (Å²) < 4.78 is 49.8. The first-order valence-electron chi connectivity index (χ1n) is 17.6. The monoisotopic (exact) mass is 701 g/mol. The second kappa shape index (κ2) is 12.4. The maximum atomic E-state index is 14.0. The average Bonchev–Trinajstić information content (AvgIpc) is 3.46. The molecule has 0 radical (unpaired) electrons. The second-order valence-electron chi connectivity index (χ2n) is 15.3. The fraction of sp³-hybridized carbons (Fsp3) is 0.757. The second-order valence-corrected chi connectivity index (χ2v) is 15.3. The van der Waals surface area contributed by atoms with E-state index in [1.807, 2.05) is 0 Å². The Hall–Kier alpha value is -2.81. The molecule has 0 aromatic heterocycles. The Bertz CT molecular complexity index is 1510. The molecule has 5 aliphatic carbocycles. The molecule has 1 N–H and O–H groups in total. The summed E-state index contributed by atoms with van der Waals surface area (Å²) in [4.78, 5) is 42.5. The molecule has 13 nitrogen and oxygen atoms in total. The first kappa shape index (κ1) is 35.6. The predicted octanol–water partition coefficient (Wildman–Crippen LogP) is 2.26. The molecule has 1 heterocycles. The van der Waals surface area contributed by atoms with E-state index >= 15 is 0 Å². The third-order valence-electron chi connectivity index (χ3n) is 13.7. The van der Waals surface area contributed by atoms with Crippen molar-refractivity contribution in [3.63, 3.8) is 0 Å². The number of likely N-dealkylation sites (tertiary alicyclic amines) is 1. The van der Waals surface area contributed by atoms with E-state index in [1.54, 1.807) is 52.7 Å². The van der Waals surface area contributed by atoms with Crippen molar-refractivity contribution in [2.24, 2.45) is 34.5 Å². The van der Waals surface area contributed by atoms with Crippen molar-refractivity contribution in [1.82, 2.24) is 4.90 Å². The summed E-state index contributed by atoms with van der Waals surface area (Å²) in [5.74, 6) is -2.67. The van der Waals surface area contributed by atoms with Crippen molar-refractivity contribution >= 4 is 17.9 Å². The number of esters is 3. The van der Waals surface area contributed by atoms with Gasteiger partial charge in [-0.05, 0) is 43.1 Å². The van der Waals surface area contributed by atoms with E-state index in [-0.39, 0.29) is 37.3 Å². The topological polar surface area (TPSA) is 149 Å². The summed E-state index contributed by atoms with van der Waals surface area (Å²) in [6.45, 7) is 6.38.